The summed E-state index contributed by atoms with van der Waals surface area (Å²) in [4.78, 5) is 46.2. The Morgan fingerprint density at radius 3 is 2.56 bits per heavy atom. The van der Waals surface area contributed by atoms with Crippen LogP contribution in [0.15, 0.2) is 35.7 Å². The molecular formula is C35H49N5O4S. The molecule has 1 unspecified atom stereocenters. The number of piperazine rings is 1. The molecule has 45 heavy (non-hydrogen) atoms. The van der Waals surface area contributed by atoms with Gasteiger partial charge in [-0.2, -0.15) is 0 Å². The number of thiophene rings is 1. The Bertz CT molecular complexity index is 1270. The van der Waals surface area contributed by atoms with E-state index in [0.29, 0.717) is 37.3 Å². The van der Waals surface area contributed by atoms with E-state index >= 15 is 0 Å². The van der Waals surface area contributed by atoms with E-state index in [2.05, 4.69) is 22.0 Å². The summed E-state index contributed by atoms with van der Waals surface area (Å²) in [5.41, 5.74) is 2.20. The van der Waals surface area contributed by atoms with Gasteiger partial charge >= 0.3 is 6.09 Å². The number of benzene rings is 1. The summed E-state index contributed by atoms with van der Waals surface area (Å²) in [5, 5.41) is 12.2. The number of nitrogens with zero attached hydrogens (tertiary/aromatic N) is 2. The van der Waals surface area contributed by atoms with Gasteiger partial charge < -0.3 is 30.5 Å². The maximum absolute atomic E-state index is 14.5. The quantitative estimate of drug-likeness (QED) is 0.359. The molecule has 3 N–H and O–H groups in total. The van der Waals surface area contributed by atoms with E-state index in [1.54, 1.807) is 21.1 Å². The van der Waals surface area contributed by atoms with Gasteiger partial charge in [-0.05, 0) is 61.2 Å². The van der Waals surface area contributed by atoms with Crippen molar-refractivity contribution in [1.82, 2.24) is 25.8 Å². The van der Waals surface area contributed by atoms with Gasteiger partial charge in [0.05, 0.1) is 19.1 Å². The third kappa shape index (κ3) is 8.26. The van der Waals surface area contributed by atoms with E-state index in [-0.39, 0.29) is 24.4 Å². The van der Waals surface area contributed by atoms with E-state index in [4.69, 9.17) is 4.74 Å². The van der Waals surface area contributed by atoms with Crippen LogP contribution in [0.2, 0.25) is 0 Å². The normalized spacial score (nSPS) is 22.0. The molecule has 3 amide bonds. The van der Waals surface area contributed by atoms with Crippen LogP contribution in [0.4, 0.5) is 4.79 Å². The molecule has 1 saturated heterocycles. The van der Waals surface area contributed by atoms with Crippen LogP contribution in [0.1, 0.15) is 86.6 Å². The Kier molecular flexibility index (Phi) is 11.1. The number of rotatable bonds is 9. The number of ether oxygens (including phenoxy) is 1. The number of fused-ring (bicyclic) bond motifs is 1. The van der Waals surface area contributed by atoms with Gasteiger partial charge in [-0.25, -0.2) is 4.79 Å². The van der Waals surface area contributed by atoms with Gasteiger partial charge in [0.2, 0.25) is 11.8 Å². The first kappa shape index (κ1) is 32.0. The van der Waals surface area contributed by atoms with Gasteiger partial charge in [0, 0.05) is 36.1 Å². The van der Waals surface area contributed by atoms with E-state index in [1.165, 1.54) is 51.4 Å². The Morgan fingerprint density at radius 2 is 1.78 bits per heavy atom. The molecule has 4 aliphatic rings. The zero-order valence-corrected chi connectivity index (χ0v) is 27.3. The maximum Gasteiger partial charge on any atom is 0.415 e. The Balaban J connectivity index is 1.19. The van der Waals surface area contributed by atoms with E-state index in [0.717, 1.165) is 54.8 Å². The molecule has 2 aromatic rings. The molecule has 2 aliphatic heterocycles. The summed E-state index contributed by atoms with van der Waals surface area (Å²) >= 11 is 1.59. The fourth-order valence-corrected chi connectivity index (χ4v) is 8.29. The lowest BCUT2D eigenvalue weighted by Gasteiger charge is -2.42. The fraction of sp³-hybridized carbons (Fsp3) is 0.629. The van der Waals surface area contributed by atoms with Crippen LogP contribution >= 0.6 is 11.3 Å². The maximum atomic E-state index is 14.5. The number of carbonyl (C=O) groups excluding carboxylic acids is 3. The average Bonchev–Trinajstić information content (AvgIpc) is 3.61. The number of carbonyl (C=O) groups is 3. The largest absolute Gasteiger partial charge is 0.415 e. The highest BCUT2D eigenvalue weighted by atomic mass is 32.1. The van der Waals surface area contributed by atoms with Crippen molar-refractivity contribution in [3.05, 3.63) is 51.7 Å². The number of amides is 3. The Hall–Kier alpha value is -2.95. The van der Waals surface area contributed by atoms with Crippen LogP contribution < -0.4 is 20.7 Å². The lowest BCUT2D eigenvalue weighted by molar-refractivity contribution is -0.145. The minimum atomic E-state index is -0.783. The predicted molar refractivity (Wildman–Crippen MR) is 176 cm³/mol. The average molecular weight is 636 g/mol. The predicted octanol–water partition coefficient (Wildman–Crippen LogP) is 4.98. The first-order chi connectivity index (χ1) is 22.0. The van der Waals surface area contributed by atoms with Crippen LogP contribution in [0.3, 0.4) is 0 Å². The van der Waals surface area contributed by atoms with Gasteiger partial charge in [-0.1, -0.05) is 69.6 Å². The van der Waals surface area contributed by atoms with Gasteiger partial charge in [0.25, 0.3) is 0 Å². The van der Waals surface area contributed by atoms with Crippen LogP contribution in [0.5, 0.6) is 5.75 Å². The third-order valence-electron chi connectivity index (χ3n) is 10.2. The van der Waals surface area contributed by atoms with Crippen molar-refractivity contribution in [2.75, 3.05) is 26.2 Å². The number of hydrogen-bond acceptors (Lipinski definition) is 7. The van der Waals surface area contributed by atoms with Crippen molar-refractivity contribution in [2.24, 2.45) is 5.92 Å². The molecule has 2 saturated carbocycles. The molecule has 6 rings (SSSR count). The summed E-state index contributed by atoms with van der Waals surface area (Å²) < 4.78 is 5.96. The summed E-state index contributed by atoms with van der Waals surface area (Å²) in [7, 11) is 0. The first-order valence-electron chi connectivity index (χ1n) is 17.2. The minimum absolute atomic E-state index is 0.0000620. The molecule has 2 aliphatic carbocycles. The van der Waals surface area contributed by atoms with Crippen molar-refractivity contribution in [2.45, 2.75) is 108 Å². The smallest absolute Gasteiger partial charge is 0.410 e. The molecule has 9 nitrogen and oxygen atoms in total. The molecule has 244 valence electrons. The molecule has 10 heteroatoms. The van der Waals surface area contributed by atoms with Crippen LogP contribution in [0, 0.1) is 5.92 Å². The highest BCUT2D eigenvalue weighted by Crippen LogP contribution is 2.30. The number of nitrogens with one attached hydrogen (secondary N) is 3. The van der Waals surface area contributed by atoms with E-state index in [1.807, 2.05) is 29.6 Å². The number of hydrogen-bond donors (Lipinski definition) is 3. The highest BCUT2D eigenvalue weighted by molar-refractivity contribution is 7.09. The molecule has 0 bridgehead atoms. The molecule has 0 spiro atoms. The Labute approximate surface area is 271 Å². The van der Waals surface area contributed by atoms with Crippen molar-refractivity contribution < 1.29 is 19.1 Å². The summed E-state index contributed by atoms with van der Waals surface area (Å²) in [5.74, 6) is 0.880. The van der Waals surface area contributed by atoms with Crippen LogP contribution in [-0.2, 0) is 29.1 Å². The standard InChI is InChI=1S/C35H49N5O4S/c41-33(37-23-28-14-8-20-45-28)31-24-39(35(43)44-32-15-7-11-26-22-36-17-16-29(26)32)18-19-40(31)34(42)30(21-25-9-3-1-4-10-25)38-27-12-5-2-6-13-27/h7-8,11,14-15,20,25,27,30-31,36,38H,1-6,9-10,12-13,16-19,21-24H2,(H,37,41)/t30?,31-/m0/s1. The molecule has 0 radical (unpaired) electrons. The van der Waals surface area contributed by atoms with E-state index in [9.17, 15) is 14.4 Å². The summed E-state index contributed by atoms with van der Waals surface area (Å²) in [6, 6.07) is 9.01. The first-order valence-corrected chi connectivity index (χ1v) is 18.1. The summed E-state index contributed by atoms with van der Waals surface area (Å²) in [6.45, 7) is 2.73. The van der Waals surface area contributed by atoms with Gasteiger partial charge in [-0.3, -0.25) is 9.59 Å². The Morgan fingerprint density at radius 1 is 0.978 bits per heavy atom. The second-order valence-electron chi connectivity index (χ2n) is 13.3. The van der Waals surface area contributed by atoms with Crippen LogP contribution in [-0.4, -0.2) is 72.0 Å². The van der Waals surface area contributed by atoms with E-state index < -0.39 is 12.1 Å². The third-order valence-corrected chi connectivity index (χ3v) is 11.0. The van der Waals surface area contributed by atoms with Crippen molar-refractivity contribution >= 4 is 29.2 Å². The SMILES string of the molecule is O=C(NCc1cccs1)[C@@H]1CN(C(=O)Oc2cccc3c2CCNC3)CCN1C(=O)C(CC1CCCCC1)NC1CCCCC1. The second kappa shape index (κ2) is 15.6. The zero-order valence-electron chi connectivity index (χ0n) is 26.4. The van der Waals surface area contributed by atoms with Gasteiger partial charge in [-0.15, -0.1) is 11.3 Å². The zero-order chi connectivity index (χ0) is 31.0. The molecular weight excluding hydrogens is 586 g/mol. The van der Waals surface area contributed by atoms with Gasteiger partial charge in [0.1, 0.15) is 11.8 Å². The molecule has 1 aromatic heterocycles. The lowest BCUT2D eigenvalue weighted by Crippen LogP contribution is -2.64. The molecule has 2 atom stereocenters. The second-order valence-corrected chi connectivity index (χ2v) is 14.3. The highest BCUT2D eigenvalue weighted by Gasteiger charge is 2.41. The topological polar surface area (TPSA) is 103 Å². The van der Waals surface area contributed by atoms with Crippen molar-refractivity contribution in [1.29, 1.82) is 0 Å². The molecule has 1 aromatic carbocycles. The summed E-state index contributed by atoms with van der Waals surface area (Å²) in [6.07, 6.45) is 13.0. The molecule has 3 fully saturated rings. The minimum Gasteiger partial charge on any atom is -0.410 e. The monoisotopic (exact) mass is 635 g/mol. The van der Waals surface area contributed by atoms with Crippen LogP contribution in [0.25, 0.3) is 0 Å². The fourth-order valence-electron chi connectivity index (χ4n) is 7.64. The van der Waals surface area contributed by atoms with Crippen molar-refractivity contribution in [3.63, 3.8) is 0 Å². The van der Waals surface area contributed by atoms with Gasteiger partial charge in [0.15, 0.2) is 0 Å². The lowest BCUT2D eigenvalue weighted by atomic mass is 9.83. The van der Waals surface area contributed by atoms with Crippen molar-refractivity contribution in [3.8, 4) is 5.75 Å². The molecule has 3 heterocycles.